The monoisotopic (exact) mass is 1160 g/mol. The Kier molecular flexibility index (Phi) is 62.7. The van der Waals surface area contributed by atoms with Crippen molar-refractivity contribution in [3.8, 4) is 0 Å². The Balaban J connectivity index is 3.99. The van der Waals surface area contributed by atoms with Crippen LogP contribution >= 0.6 is 7.82 Å². The summed E-state index contributed by atoms with van der Waals surface area (Å²) in [5, 5.41) is 14.0. The first-order valence-corrected chi connectivity index (χ1v) is 37.7. The summed E-state index contributed by atoms with van der Waals surface area (Å²) in [4.78, 5) is 25.6. The van der Waals surface area contributed by atoms with Crippen LogP contribution in [-0.4, -0.2) is 68.5 Å². The van der Waals surface area contributed by atoms with Crippen LogP contribution in [0.3, 0.4) is 0 Å². The largest absolute Gasteiger partial charge is 0.756 e. The van der Waals surface area contributed by atoms with Gasteiger partial charge in [-0.25, -0.2) is 0 Å². The summed E-state index contributed by atoms with van der Waals surface area (Å²) >= 11 is 0. The molecule has 482 valence electrons. The van der Waals surface area contributed by atoms with Crippen molar-refractivity contribution in [3.63, 3.8) is 0 Å². The zero-order valence-corrected chi connectivity index (χ0v) is 56.2. The number of phosphoric acid groups is 1. The van der Waals surface area contributed by atoms with E-state index in [0.29, 0.717) is 17.4 Å². The number of quaternary nitrogens is 1. The standard InChI is InChI=1S/C72H143N2O6P/c1-6-8-10-12-14-16-18-20-22-24-26-28-30-32-33-34-35-36-37-38-39-40-41-42-44-46-48-50-52-54-56-58-60-62-64-66-72(76)73-70(69-80-81(77,78)79-68-67-74(3,4)5)71(75)65-63-61-59-57-55-53-51-49-47-45-43-31-29-27-25-23-21-19-17-15-13-11-9-7-2/h34-35,63,65,70-71,75H,6-33,36-62,64,66-69H2,1-5H3,(H-,73,76,77,78)/b35-34-,65-63+. The summed E-state index contributed by atoms with van der Waals surface area (Å²) in [6.45, 7) is 4.72. The average Bonchev–Trinajstić information content (AvgIpc) is 3.43. The van der Waals surface area contributed by atoms with Gasteiger partial charge < -0.3 is 28.8 Å². The molecule has 2 N–H and O–H groups in total. The molecule has 81 heavy (non-hydrogen) atoms. The number of aliphatic hydroxyl groups excluding tert-OH is 1. The van der Waals surface area contributed by atoms with E-state index in [-0.39, 0.29) is 19.1 Å². The highest BCUT2D eigenvalue weighted by Gasteiger charge is 2.23. The van der Waals surface area contributed by atoms with E-state index >= 15 is 0 Å². The third kappa shape index (κ3) is 66.4. The van der Waals surface area contributed by atoms with E-state index in [1.807, 2.05) is 27.2 Å². The smallest absolute Gasteiger partial charge is 0.268 e. The van der Waals surface area contributed by atoms with Crippen molar-refractivity contribution in [1.29, 1.82) is 0 Å². The molecule has 0 bridgehead atoms. The second kappa shape index (κ2) is 63.5. The van der Waals surface area contributed by atoms with Gasteiger partial charge in [0.1, 0.15) is 13.2 Å². The normalized spacial score (nSPS) is 13.7. The van der Waals surface area contributed by atoms with Gasteiger partial charge in [0, 0.05) is 6.42 Å². The van der Waals surface area contributed by atoms with Crippen LogP contribution < -0.4 is 10.2 Å². The number of allylic oxidation sites excluding steroid dienone is 3. The van der Waals surface area contributed by atoms with Gasteiger partial charge in [0.25, 0.3) is 7.82 Å². The van der Waals surface area contributed by atoms with Gasteiger partial charge in [0.05, 0.1) is 39.9 Å². The van der Waals surface area contributed by atoms with Gasteiger partial charge in [0.2, 0.25) is 5.91 Å². The van der Waals surface area contributed by atoms with Crippen molar-refractivity contribution in [2.24, 2.45) is 0 Å². The number of hydrogen-bond donors (Lipinski definition) is 2. The predicted molar refractivity (Wildman–Crippen MR) is 353 cm³/mol. The number of phosphoric ester groups is 1. The van der Waals surface area contributed by atoms with Crippen molar-refractivity contribution in [3.05, 3.63) is 24.3 Å². The molecular formula is C72H143N2O6P. The van der Waals surface area contributed by atoms with Crippen molar-refractivity contribution in [2.75, 3.05) is 40.9 Å². The molecule has 1 amide bonds. The second-order valence-corrected chi connectivity index (χ2v) is 27.7. The Morgan fingerprint density at radius 2 is 0.679 bits per heavy atom. The number of hydrogen-bond acceptors (Lipinski definition) is 6. The second-order valence-electron chi connectivity index (χ2n) is 26.3. The minimum atomic E-state index is -4.60. The first kappa shape index (κ1) is 80.0. The highest BCUT2D eigenvalue weighted by atomic mass is 31.2. The Morgan fingerprint density at radius 1 is 0.420 bits per heavy atom. The SMILES string of the molecule is CCCCCCCCCCCCCCCC/C=C\CCCCCCCCCCCCCCCCCCCC(=O)NC(COP(=O)([O-])OCC[N+](C)(C)C)C(O)/C=C/CCCCCCCCCCCCCCCCCCCCCCCC. The maximum Gasteiger partial charge on any atom is 0.268 e. The molecule has 0 aromatic carbocycles. The number of amides is 1. The number of rotatable bonds is 68. The summed E-state index contributed by atoms with van der Waals surface area (Å²) in [7, 11) is 1.28. The lowest BCUT2D eigenvalue weighted by Gasteiger charge is -2.29. The molecule has 3 unspecified atom stereocenters. The lowest BCUT2D eigenvalue weighted by atomic mass is 10.0. The molecule has 0 aliphatic heterocycles. The highest BCUT2D eigenvalue weighted by molar-refractivity contribution is 7.45. The van der Waals surface area contributed by atoms with Crippen LogP contribution in [0.5, 0.6) is 0 Å². The molecule has 0 fully saturated rings. The van der Waals surface area contributed by atoms with Crippen LogP contribution in [0, 0.1) is 0 Å². The van der Waals surface area contributed by atoms with Crippen LogP contribution in [0.1, 0.15) is 380 Å². The zero-order chi connectivity index (χ0) is 59.1. The topological polar surface area (TPSA) is 108 Å². The maximum atomic E-state index is 13.0. The Bertz CT molecular complexity index is 1370. The van der Waals surface area contributed by atoms with Crippen molar-refractivity contribution >= 4 is 13.7 Å². The van der Waals surface area contributed by atoms with Crippen LogP contribution in [0.25, 0.3) is 0 Å². The molecule has 9 heteroatoms. The zero-order valence-electron chi connectivity index (χ0n) is 55.3. The predicted octanol–water partition coefficient (Wildman–Crippen LogP) is 22.4. The summed E-state index contributed by atoms with van der Waals surface area (Å²) in [6.07, 6.45) is 83.1. The van der Waals surface area contributed by atoms with Crippen molar-refractivity contribution < 1.29 is 32.9 Å². The van der Waals surface area contributed by atoms with Crippen LogP contribution in [0.2, 0.25) is 0 Å². The molecule has 0 aromatic rings. The molecule has 0 saturated carbocycles. The maximum absolute atomic E-state index is 13.0. The third-order valence-corrected chi connectivity index (χ3v) is 17.9. The van der Waals surface area contributed by atoms with Gasteiger partial charge in [0.15, 0.2) is 0 Å². The summed E-state index contributed by atoms with van der Waals surface area (Å²) in [5.41, 5.74) is 0. The fraction of sp³-hybridized carbons (Fsp3) is 0.931. The van der Waals surface area contributed by atoms with E-state index in [1.54, 1.807) is 6.08 Å². The first-order valence-electron chi connectivity index (χ1n) is 36.2. The summed E-state index contributed by atoms with van der Waals surface area (Å²) in [5.74, 6) is -0.189. The number of nitrogens with zero attached hydrogens (tertiary/aromatic N) is 1. The van der Waals surface area contributed by atoms with Crippen LogP contribution in [0.15, 0.2) is 24.3 Å². The highest BCUT2D eigenvalue weighted by Crippen LogP contribution is 2.38. The third-order valence-electron chi connectivity index (χ3n) is 16.9. The van der Waals surface area contributed by atoms with Crippen LogP contribution in [-0.2, 0) is 18.4 Å². The molecule has 0 heterocycles. The van der Waals surface area contributed by atoms with Gasteiger partial charge in [-0.2, -0.15) is 0 Å². The number of aliphatic hydroxyl groups is 1. The minimum absolute atomic E-state index is 0.00179. The number of nitrogens with one attached hydrogen (secondary N) is 1. The van der Waals surface area contributed by atoms with Crippen molar-refractivity contribution in [2.45, 2.75) is 392 Å². The lowest BCUT2D eigenvalue weighted by molar-refractivity contribution is -0.870. The fourth-order valence-corrected chi connectivity index (χ4v) is 12.0. The molecule has 0 aliphatic rings. The molecule has 0 rings (SSSR count). The molecule has 8 nitrogen and oxygen atoms in total. The van der Waals surface area contributed by atoms with Gasteiger partial charge in [-0.05, 0) is 44.9 Å². The molecule has 0 saturated heterocycles. The summed E-state index contributed by atoms with van der Waals surface area (Å²) < 4.78 is 23.5. The molecule has 0 radical (unpaired) electrons. The number of carbonyl (C=O) groups excluding carboxylic acids is 1. The quantitative estimate of drug-likeness (QED) is 0.0272. The number of likely N-dealkylation sites (N-methyl/N-ethyl adjacent to an activating group) is 1. The Labute approximate surface area is 506 Å². The van der Waals surface area contributed by atoms with E-state index in [1.165, 1.54) is 321 Å². The van der Waals surface area contributed by atoms with Gasteiger partial charge in [-0.3, -0.25) is 9.36 Å². The summed E-state index contributed by atoms with van der Waals surface area (Å²) in [6, 6.07) is -0.886. The Hall–Kier alpha value is -1.02. The molecular weight excluding hydrogens is 1020 g/mol. The number of unbranched alkanes of at least 4 members (excludes halogenated alkanes) is 53. The lowest BCUT2D eigenvalue weighted by Crippen LogP contribution is -2.45. The van der Waals surface area contributed by atoms with Gasteiger partial charge in [-0.15, -0.1) is 0 Å². The van der Waals surface area contributed by atoms with Gasteiger partial charge >= 0.3 is 0 Å². The number of carbonyl (C=O) groups is 1. The van der Waals surface area contributed by atoms with E-state index in [2.05, 4.69) is 31.3 Å². The molecule has 0 aliphatic carbocycles. The van der Waals surface area contributed by atoms with E-state index < -0.39 is 20.0 Å². The minimum Gasteiger partial charge on any atom is -0.756 e. The molecule has 0 spiro atoms. The first-order chi connectivity index (χ1) is 39.5. The Morgan fingerprint density at radius 3 is 0.963 bits per heavy atom. The fourth-order valence-electron chi connectivity index (χ4n) is 11.3. The van der Waals surface area contributed by atoms with E-state index in [4.69, 9.17) is 9.05 Å². The van der Waals surface area contributed by atoms with Crippen molar-refractivity contribution in [1.82, 2.24) is 5.32 Å². The van der Waals surface area contributed by atoms with E-state index in [0.717, 1.165) is 38.5 Å². The molecule has 3 atom stereocenters. The van der Waals surface area contributed by atoms with E-state index in [9.17, 15) is 19.4 Å². The van der Waals surface area contributed by atoms with Crippen LogP contribution in [0.4, 0.5) is 0 Å². The molecule has 0 aromatic heterocycles. The average molecular weight is 1160 g/mol. The van der Waals surface area contributed by atoms with Gasteiger partial charge in [-0.1, -0.05) is 353 Å².